The van der Waals surface area contributed by atoms with Crippen LogP contribution in [0.4, 0.5) is 10.5 Å². The van der Waals surface area contributed by atoms with Gasteiger partial charge in [-0.05, 0) is 29.7 Å². The van der Waals surface area contributed by atoms with Gasteiger partial charge >= 0.3 is 6.03 Å². The maximum Gasteiger partial charge on any atom is 0.312 e. The predicted octanol–water partition coefficient (Wildman–Crippen LogP) is 1.88. The molecule has 0 saturated carbocycles. The van der Waals surface area contributed by atoms with Crippen LogP contribution in [0.15, 0.2) is 54.6 Å². The third-order valence-corrected chi connectivity index (χ3v) is 3.90. The van der Waals surface area contributed by atoms with Gasteiger partial charge in [-0.2, -0.15) is 0 Å². The number of amides is 3. The molecule has 0 aliphatic carbocycles. The second-order valence-corrected chi connectivity index (χ2v) is 5.74. The fourth-order valence-electron chi connectivity index (χ4n) is 2.63. The first-order chi connectivity index (χ1) is 12.5. The number of nitrogens with one attached hydrogen (secondary N) is 2. The third kappa shape index (κ3) is 3.89. The van der Waals surface area contributed by atoms with Crippen LogP contribution in [0.25, 0.3) is 22.0 Å². The van der Waals surface area contributed by atoms with Crippen molar-refractivity contribution in [3.05, 3.63) is 60.3 Å². The van der Waals surface area contributed by atoms with Crippen LogP contribution in [0.2, 0.25) is 0 Å². The number of hydrogen-bond donors (Lipinski definition) is 4. The Kier molecular flexibility index (Phi) is 4.98. The molecule has 0 atom stereocenters. The molecule has 0 unspecified atom stereocenters. The number of nitrogens with zero attached hydrogens (tertiary/aromatic N) is 1. The molecule has 0 bridgehead atoms. The Hall–Kier alpha value is -3.61. The lowest BCUT2D eigenvalue weighted by atomic mass is 10.0. The number of nitrogen functional groups attached to an aromatic ring is 1. The van der Waals surface area contributed by atoms with Gasteiger partial charge in [0.15, 0.2) is 0 Å². The van der Waals surface area contributed by atoms with E-state index in [0.29, 0.717) is 17.1 Å². The molecular formula is C19H19N5O2. The van der Waals surface area contributed by atoms with Crippen molar-refractivity contribution in [1.29, 1.82) is 0 Å². The van der Waals surface area contributed by atoms with Crippen LogP contribution >= 0.6 is 0 Å². The van der Waals surface area contributed by atoms with Crippen LogP contribution in [-0.4, -0.2) is 30.0 Å². The zero-order valence-electron chi connectivity index (χ0n) is 14.0. The van der Waals surface area contributed by atoms with Gasteiger partial charge in [0.2, 0.25) is 0 Å². The van der Waals surface area contributed by atoms with E-state index in [2.05, 4.69) is 15.6 Å². The number of nitrogens with two attached hydrogens (primary N) is 2. The Morgan fingerprint density at radius 1 is 0.962 bits per heavy atom. The molecule has 132 valence electrons. The highest BCUT2D eigenvalue weighted by Crippen LogP contribution is 2.26. The number of carbonyl (C=O) groups excluding carboxylic acids is 2. The van der Waals surface area contributed by atoms with Crippen molar-refractivity contribution in [2.24, 2.45) is 5.73 Å². The van der Waals surface area contributed by atoms with Gasteiger partial charge in [-0.25, -0.2) is 9.78 Å². The first-order valence-corrected chi connectivity index (χ1v) is 8.12. The molecule has 2 aromatic carbocycles. The van der Waals surface area contributed by atoms with Crippen LogP contribution in [0.1, 0.15) is 10.5 Å². The Balaban J connectivity index is 1.80. The minimum atomic E-state index is -0.630. The lowest BCUT2D eigenvalue weighted by Crippen LogP contribution is -2.37. The zero-order valence-corrected chi connectivity index (χ0v) is 14.0. The standard InChI is InChI=1S/C19H19N5O2/c20-15-4-1-3-12-7-8-13(11-14(12)15)16-5-2-6-17(24-16)18(25)22-9-10-23-19(21)26/h1-8,11H,9-10,20H2,(H,22,25)(H3,21,23,26). The van der Waals surface area contributed by atoms with Crippen molar-refractivity contribution < 1.29 is 9.59 Å². The summed E-state index contributed by atoms with van der Waals surface area (Å²) in [5.74, 6) is -0.321. The molecule has 0 radical (unpaired) electrons. The van der Waals surface area contributed by atoms with Crippen molar-refractivity contribution in [3.8, 4) is 11.3 Å². The highest BCUT2D eigenvalue weighted by atomic mass is 16.2. The van der Waals surface area contributed by atoms with Gasteiger partial charge in [0.1, 0.15) is 5.69 Å². The smallest absolute Gasteiger partial charge is 0.312 e. The van der Waals surface area contributed by atoms with E-state index in [-0.39, 0.29) is 19.0 Å². The number of primary amides is 1. The fraction of sp³-hybridized carbons (Fsp3) is 0.105. The normalized spacial score (nSPS) is 10.5. The summed E-state index contributed by atoms with van der Waals surface area (Å²) in [4.78, 5) is 27.2. The lowest BCUT2D eigenvalue weighted by molar-refractivity contribution is 0.0949. The van der Waals surface area contributed by atoms with Gasteiger partial charge < -0.3 is 22.1 Å². The molecule has 0 aliphatic rings. The van der Waals surface area contributed by atoms with Gasteiger partial charge in [0, 0.05) is 29.7 Å². The Morgan fingerprint density at radius 2 is 1.73 bits per heavy atom. The van der Waals surface area contributed by atoms with Gasteiger partial charge in [-0.1, -0.05) is 30.3 Å². The third-order valence-electron chi connectivity index (χ3n) is 3.90. The summed E-state index contributed by atoms with van der Waals surface area (Å²) >= 11 is 0. The minimum Gasteiger partial charge on any atom is -0.398 e. The number of rotatable bonds is 5. The van der Waals surface area contributed by atoms with E-state index in [1.54, 1.807) is 12.1 Å². The zero-order chi connectivity index (χ0) is 18.5. The van der Waals surface area contributed by atoms with Gasteiger partial charge in [0.25, 0.3) is 5.91 Å². The van der Waals surface area contributed by atoms with Crippen LogP contribution in [0.3, 0.4) is 0 Å². The second kappa shape index (κ2) is 7.52. The summed E-state index contributed by atoms with van der Waals surface area (Å²) in [6.07, 6.45) is 0. The highest BCUT2D eigenvalue weighted by Gasteiger charge is 2.09. The van der Waals surface area contributed by atoms with Crippen LogP contribution in [-0.2, 0) is 0 Å². The van der Waals surface area contributed by atoms with E-state index < -0.39 is 6.03 Å². The second-order valence-electron chi connectivity index (χ2n) is 5.74. The van der Waals surface area contributed by atoms with Gasteiger partial charge in [0.05, 0.1) is 5.69 Å². The first-order valence-electron chi connectivity index (χ1n) is 8.12. The van der Waals surface area contributed by atoms with Gasteiger partial charge in [-0.15, -0.1) is 0 Å². The monoisotopic (exact) mass is 349 g/mol. The molecule has 3 aromatic rings. The maximum atomic E-state index is 12.2. The number of carbonyl (C=O) groups is 2. The Labute approximate surface area is 150 Å². The minimum absolute atomic E-state index is 0.255. The number of benzene rings is 2. The van der Waals surface area contributed by atoms with Crippen molar-refractivity contribution in [2.75, 3.05) is 18.8 Å². The van der Waals surface area contributed by atoms with Crippen molar-refractivity contribution >= 4 is 28.4 Å². The number of urea groups is 1. The van der Waals surface area contributed by atoms with E-state index in [9.17, 15) is 9.59 Å². The SMILES string of the molecule is NC(=O)NCCNC(=O)c1cccc(-c2ccc3cccc(N)c3c2)n1. The van der Waals surface area contributed by atoms with Crippen LogP contribution < -0.4 is 22.1 Å². The summed E-state index contributed by atoms with van der Waals surface area (Å²) < 4.78 is 0. The molecule has 1 heterocycles. The molecule has 7 nitrogen and oxygen atoms in total. The van der Waals surface area contributed by atoms with E-state index in [1.807, 2.05) is 42.5 Å². The maximum absolute atomic E-state index is 12.2. The summed E-state index contributed by atoms with van der Waals surface area (Å²) in [7, 11) is 0. The predicted molar refractivity (Wildman–Crippen MR) is 102 cm³/mol. The number of fused-ring (bicyclic) bond motifs is 1. The molecule has 7 heteroatoms. The van der Waals surface area contributed by atoms with Gasteiger partial charge in [-0.3, -0.25) is 4.79 Å². The topological polar surface area (TPSA) is 123 Å². The number of pyridine rings is 1. The summed E-state index contributed by atoms with van der Waals surface area (Å²) in [6.45, 7) is 0.519. The summed E-state index contributed by atoms with van der Waals surface area (Å²) in [5, 5.41) is 7.07. The molecule has 6 N–H and O–H groups in total. The van der Waals surface area contributed by atoms with Crippen molar-refractivity contribution in [1.82, 2.24) is 15.6 Å². The van der Waals surface area contributed by atoms with E-state index >= 15 is 0 Å². The van der Waals surface area contributed by atoms with E-state index in [4.69, 9.17) is 11.5 Å². The quantitative estimate of drug-likeness (QED) is 0.415. The molecule has 26 heavy (non-hydrogen) atoms. The largest absolute Gasteiger partial charge is 0.398 e. The highest BCUT2D eigenvalue weighted by molar-refractivity contribution is 5.96. The summed E-state index contributed by atoms with van der Waals surface area (Å²) in [5.41, 5.74) is 13.6. The van der Waals surface area contributed by atoms with Crippen LogP contribution in [0, 0.1) is 0 Å². The Morgan fingerprint density at radius 3 is 2.54 bits per heavy atom. The molecule has 0 fully saturated rings. The fourth-order valence-corrected chi connectivity index (χ4v) is 2.63. The molecule has 0 saturated heterocycles. The average Bonchev–Trinajstić information content (AvgIpc) is 2.65. The molecule has 0 aliphatic heterocycles. The molecule has 3 amide bonds. The molecular weight excluding hydrogens is 330 g/mol. The van der Waals surface area contributed by atoms with Crippen molar-refractivity contribution in [2.45, 2.75) is 0 Å². The van der Waals surface area contributed by atoms with Crippen LogP contribution in [0.5, 0.6) is 0 Å². The van der Waals surface area contributed by atoms with E-state index in [0.717, 1.165) is 16.3 Å². The van der Waals surface area contributed by atoms with Crippen molar-refractivity contribution in [3.63, 3.8) is 0 Å². The number of hydrogen-bond acceptors (Lipinski definition) is 4. The first kappa shape index (κ1) is 17.2. The number of aromatic nitrogens is 1. The Bertz CT molecular complexity index is 971. The molecule has 3 rings (SSSR count). The van der Waals surface area contributed by atoms with E-state index in [1.165, 1.54) is 0 Å². The average molecular weight is 349 g/mol. The molecule has 1 aromatic heterocycles. The number of anilines is 1. The molecule has 0 spiro atoms. The summed E-state index contributed by atoms with van der Waals surface area (Å²) in [6, 6.07) is 16.3. The lowest BCUT2D eigenvalue weighted by Gasteiger charge is -2.08.